The van der Waals surface area contributed by atoms with Crippen LogP contribution in [0.1, 0.15) is 32.8 Å². The summed E-state index contributed by atoms with van der Waals surface area (Å²) in [7, 11) is 0. The maximum absolute atomic E-state index is 11.3. The van der Waals surface area contributed by atoms with Crippen molar-refractivity contribution in [3.63, 3.8) is 0 Å². The minimum absolute atomic E-state index is 0.0411. The number of amides is 1. The summed E-state index contributed by atoms with van der Waals surface area (Å²) in [5.74, 6) is 0.0411. The van der Waals surface area contributed by atoms with Crippen LogP contribution in [0, 0.1) is 6.92 Å². The van der Waals surface area contributed by atoms with Crippen molar-refractivity contribution in [1.29, 1.82) is 0 Å². The lowest BCUT2D eigenvalue weighted by molar-refractivity contribution is -0.115. The molecular weight excluding hydrogens is 200 g/mol. The molecule has 3 heteroatoms. The van der Waals surface area contributed by atoms with Gasteiger partial charge in [-0.2, -0.15) is 0 Å². The number of benzene rings is 1. The average Bonchev–Trinajstić information content (AvgIpc) is 2.22. The molecule has 0 saturated carbocycles. The van der Waals surface area contributed by atoms with Crippen LogP contribution in [0.15, 0.2) is 18.2 Å². The SMILES string of the molecule is CCC(=O)Nc1ccc(C)c(NC(C)C)c1. The highest BCUT2D eigenvalue weighted by atomic mass is 16.1. The minimum atomic E-state index is 0.0411. The van der Waals surface area contributed by atoms with E-state index < -0.39 is 0 Å². The molecule has 16 heavy (non-hydrogen) atoms. The van der Waals surface area contributed by atoms with Gasteiger partial charge in [-0.1, -0.05) is 13.0 Å². The highest BCUT2D eigenvalue weighted by Gasteiger charge is 2.03. The van der Waals surface area contributed by atoms with Gasteiger partial charge < -0.3 is 10.6 Å². The second kappa shape index (κ2) is 5.54. The van der Waals surface area contributed by atoms with Crippen LogP contribution in [0.25, 0.3) is 0 Å². The fourth-order valence-corrected chi connectivity index (χ4v) is 1.42. The van der Waals surface area contributed by atoms with E-state index in [2.05, 4.69) is 31.4 Å². The third-order valence-corrected chi connectivity index (χ3v) is 2.29. The van der Waals surface area contributed by atoms with Crippen LogP contribution in [-0.4, -0.2) is 11.9 Å². The summed E-state index contributed by atoms with van der Waals surface area (Å²) in [6.07, 6.45) is 0.501. The van der Waals surface area contributed by atoms with E-state index >= 15 is 0 Å². The van der Waals surface area contributed by atoms with Gasteiger partial charge in [0.1, 0.15) is 0 Å². The number of rotatable bonds is 4. The van der Waals surface area contributed by atoms with Crippen molar-refractivity contribution in [1.82, 2.24) is 0 Å². The van der Waals surface area contributed by atoms with E-state index in [0.717, 1.165) is 11.4 Å². The van der Waals surface area contributed by atoms with Crippen molar-refractivity contribution in [2.24, 2.45) is 0 Å². The van der Waals surface area contributed by atoms with E-state index in [9.17, 15) is 4.79 Å². The van der Waals surface area contributed by atoms with E-state index in [1.54, 1.807) is 0 Å². The summed E-state index contributed by atoms with van der Waals surface area (Å²) < 4.78 is 0. The third kappa shape index (κ3) is 3.57. The summed E-state index contributed by atoms with van der Waals surface area (Å²) in [6, 6.07) is 6.30. The van der Waals surface area contributed by atoms with Gasteiger partial charge in [-0.05, 0) is 38.5 Å². The predicted octanol–water partition coefficient (Wildman–Crippen LogP) is 3.16. The largest absolute Gasteiger partial charge is 0.383 e. The zero-order valence-corrected chi connectivity index (χ0v) is 10.4. The topological polar surface area (TPSA) is 41.1 Å². The van der Waals surface area contributed by atoms with Crippen molar-refractivity contribution >= 4 is 17.3 Å². The smallest absolute Gasteiger partial charge is 0.224 e. The molecule has 0 aromatic heterocycles. The first kappa shape index (κ1) is 12.6. The standard InChI is InChI=1S/C13H20N2O/c1-5-13(16)15-11-7-6-10(4)12(8-11)14-9(2)3/h6-9,14H,5H2,1-4H3,(H,15,16). The first-order valence-corrected chi connectivity index (χ1v) is 5.70. The lowest BCUT2D eigenvalue weighted by atomic mass is 10.1. The Bertz CT molecular complexity index is 372. The van der Waals surface area contributed by atoms with E-state index in [4.69, 9.17) is 0 Å². The Kier molecular flexibility index (Phi) is 4.35. The van der Waals surface area contributed by atoms with Crippen molar-refractivity contribution < 1.29 is 4.79 Å². The highest BCUT2D eigenvalue weighted by Crippen LogP contribution is 2.21. The number of hydrogen-bond donors (Lipinski definition) is 2. The van der Waals surface area contributed by atoms with Crippen molar-refractivity contribution in [2.45, 2.75) is 40.2 Å². The Hall–Kier alpha value is -1.51. The number of carbonyl (C=O) groups excluding carboxylic acids is 1. The van der Waals surface area contributed by atoms with Gasteiger partial charge in [-0.3, -0.25) is 4.79 Å². The molecule has 0 saturated heterocycles. The van der Waals surface area contributed by atoms with Crippen LogP contribution < -0.4 is 10.6 Å². The van der Waals surface area contributed by atoms with E-state index in [-0.39, 0.29) is 5.91 Å². The Morgan fingerprint density at radius 3 is 2.62 bits per heavy atom. The maximum atomic E-state index is 11.3. The molecule has 88 valence electrons. The first-order chi connectivity index (χ1) is 7.52. The molecule has 0 atom stereocenters. The molecule has 0 aliphatic rings. The molecule has 1 amide bonds. The molecular formula is C13H20N2O. The molecule has 0 heterocycles. The Balaban J connectivity index is 2.84. The highest BCUT2D eigenvalue weighted by molar-refractivity contribution is 5.91. The number of aryl methyl sites for hydroxylation is 1. The lowest BCUT2D eigenvalue weighted by Gasteiger charge is -2.14. The van der Waals surface area contributed by atoms with Crippen LogP contribution in [0.4, 0.5) is 11.4 Å². The zero-order chi connectivity index (χ0) is 12.1. The minimum Gasteiger partial charge on any atom is -0.383 e. The summed E-state index contributed by atoms with van der Waals surface area (Å²) in [4.78, 5) is 11.3. The predicted molar refractivity (Wildman–Crippen MR) is 68.9 cm³/mol. The molecule has 0 bridgehead atoms. The molecule has 0 aliphatic carbocycles. The zero-order valence-electron chi connectivity index (χ0n) is 10.4. The number of nitrogens with one attached hydrogen (secondary N) is 2. The van der Waals surface area contributed by atoms with Crippen LogP contribution in [0.5, 0.6) is 0 Å². The van der Waals surface area contributed by atoms with Crippen LogP contribution in [-0.2, 0) is 4.79 Å². The van der Waals surface area contributed by atoms with Gasteiger partial charge >= 0.3 is 0 Å². The third-order valence-electron chi connectivity index (χ3n) is 2.29. The fraction of sp³-hybridized carbons (Fsp3) is 0.462. The molecule has 3 nitrogen and oxygen atoms in total. The second-order valence-corrected chi connectivity index (χ2v) is 4.23. The second-order valence-electron chi connectivity index (χ2n) is 4.23. The van der Waals surface area contributed by atoms with Gasteiger partial charge in [-0.15, -0.1) is 0 Å². The molecule has 1 aromatic rings. The first-order valence-electron chi connectivity index (χ1n) is 5.70. The van der Waals surface area contributed by atoms with Crippen LogP contribution in [0.2, 0.25) is 0 Å². The quantitative estimate of drug-likeness (QED) is 0.818. The van der Waals surface area contributed by atoms with E-state index in [1.165, 1.54) is 5.56 Å². The van der Waals surface area contributed by atoms with Gasteiger partial charge in [0.15, 0.2) is 0 Å². The van der Waals surface area contributed by atoms with Gasteiger partial charge in [0.25, 0.3) is 0 Å². The lowest BCUT2D eigenvalue weighted by Crippen LogP contribution is -2.13. The summed E-state index contributed by atoms with van der Waals surface area (Å²) >= 11 is 0. The van der Waals surface area contributed by atoms with Crippen molar-refractivity contribution in [3.05, 3.63) is 23.8 Å². The molecule has 0 radical (unpaired) electrons. The Labute approximate surface area is 97.2 Å². The normalized spacial score (nSPS) is 10.3. The molecule has 0 aliphatic heterocycles. The maximum Gasteiger partial charge on any atom is 0.224 e. The van der Waals surface area contributed by atoms with E-state index in [1.807, 2.05) is 25.1 Å². The van der Waals surface area contributed by atoms with Gasteiger partial charge in [0.2, 0.25) is 5.91 Å². The molecule has 0 fully saturated rings. The summed E-state index contributed by atoms with van der Waals surface area (Å²) in [5.41, 5.74) is 3.10. The molecule has 2 N–H and O–H groups in total. The Morgan fingerprint density at radius 2 is 2.06 bits per heavy atom. The Morgan fingerprint density at radius 1 is 1.38 bits per heavy atom. The monoisotopic (exact) mass is 220 g/mol. The van der Waals surface area contributed by atoms with Crippen molar-refractivity contribution in [2.75, 3.05) is 10.6 Å². The molecule has 1 rings (SSSR count). The van der Waals surface area contributed by atoms with Crippen LogP contribution in [0.3, 0.4) is 0 Å². The van der Waals surface area contributed by atoms with E-state index in [0.29, 0.717) is 12.5 Å². The van der Waals surface area contributed by atoms with Gasteiger partial charge in [0.05, 0.1) is 0 Å². The number of anilines is 2. The van der Waals surface area contributed by atoms with Crippen LogP contribution >= 0.6 is 0 Å². The number of hydrogen-bond acceptors (Lipinski definition) is 2. The van der Waals surface area contributed by atoms with Gasteiger partial charge in [0, 0.05) is 23.8 Å². The molecule has 1 aromatic carbocycles. The molecule has 0 spiro atoms. The number of carbonyl (C=O) groups is 1. The van der Waals surface area contributed by atoms with Crippen molar-refractivity contribution in [3.8, 4) is 0 Å². The summed E-state index contributed by atoms with van der Waals surface area (Å²) in [6.45, 7) is 8.08. The molecule has 0 unspecified atom stereocenters. The summed E-state index contributed by atoms with van der Waals surface area (Å²) in [5, 5.41) is 6.21. The fourth-order valence-electron chi connectivity index (χ4n) is 1.42. The average molecular weight is 220 g/mol. The van der Waals surface area contributed by atoms with Gasteiger partial charge in [-0.25, -0.2) is 0 Å².